The van der Waals surface area contributed by atoms with Gasteiger partial charge in [-0.05, 0) is 62.8 Å². The van der Waals surface area contributed by atoms with Crippen molar-refractivity contribution in [2.45, 2.75) is 103 Å². The summed E-state index contributed by atoms with van der Waals surface area (Å²) in [5.74, 6) is -10.0. The number of carbonyl (C=O) groups is 10. The Morgan fingerprint density at radius 3 is 1.22 bits per heavy atom. The van der Waals surface area contributed by atoms with Crippen LogP contribution in [0, 0.1) is 11.8 Å². The van der Waals surface area contributed by atoms with E-state index < -0.39 is 133 Å². The van der Waals surface area contributed by atoms with E-state index in [9.17, 15) is 47.9 Å². The summed E-state index contributed by atoms with van der Waals surface area (Å²) in [7, 11) is 5.30. The number of cyclic esters (lactones) is 2. The Balaban J connectivity index is 1.40. The molecule has 24 nitrogen and oxygen atoms in total. The fourth-order valence-corrected chi connectivity index (χ4v) is 8.93. The van der Waals surface area contributed by atoms with Crippen LogP contribution in [0.3, 0.4) is 0 Å². The lowest BCUT2D eigenvalue weighted by Crippen LogP contribution is -2.60. The van der Waals surface area contributed by atoms with Crippen LogP contribution in [0.25, 0.3) is 22.1 Å². The Hall–Kier alpha value is -8.44. The second-order valence-corrected chi connectivity index (χ2v) is 19.4. The third-order valence-electron chi connectivity index (χ3n) is 13.2. The van der Waals surface area contributed by atoms with Crippen LogP contribution in [0.1, 0.15) is 75.4 Å². The zero-order chi connectivity index (χ0) is 55.7. The highest BCUT2D eigenvalue weighted by Crippen LogP contribution is 2.21. The normalized spacial score (nSPS) is 24.9. The molecule has 76 heavy (non-hydrogen) atoms. The molecule has 2 bridgehead atoms. The molecular weight excluding hydrogens is 985 g/mol. The molecule has 0 spiro atoms. The van der Waals surface area contributed by atoms with Gasteiger partial charge in [-0.1, -0.05) is 64.1 Å². The van der Waals surface area contributed by atoms with Gasteiger partial charge in [-0.2, -0.15) is 0 Å². The number of carbonyl (C=O) groups excluding carboxylic acids is 10. The molecule has 0 saturated heterocycles. The monoisotopic (exact) mass is 1050 g/mol. The number of fused-ring (bicyclic) bond motifs is 6. The van der Waals surface area contributed by atoms with Crippen molar-refractivity contribution in [1.82, 2.24) is 60.8 Å². The quantitative estimate of drug-likeness (QED) is 0.151. The molecule has 24 heteroatoms. The minimum Gasteiger partial charge on any atom is -0.461 e. The number of hydrogen-bond donors (Lipinski definition) is 4. The highest BCUT2D eigenvalue weighted by Gasteiger charge is 2.42. The number of hydrogen-bond acceptors (Lipinski definition) is 16. The molecule has 6 rings (SSSR count). The number of ether oxygens (including phenoxy) is 2. The Morgan fingerprint density at radius 1 is 0.539 bits per heavy atom. The minimum absolute atomic E-state index is 0.183. The van der Waals surface area contributed by atoms with Crippen molar-refractivity contribution in [3.05, 3.63) is 84.5 Å². The molecule has 0 fully saturated rings. The molecule has 4 heterocycles. The third kappa shape index (κ3) is 13.1. The summed E-state index contributed by atoms with van der Waals surface area (Å²) in [6, 6.07) is 2.00. The van der Waals surface area contributed by atoms with Crippen LogP contribution in [0.2, 0.25) is 0 Å². The standard InChI is InChI=1S/C52H64N12O12/c1-27(2)41-51(73)75-25-37(59-43(65)35-23-53-31-17-11-13-19-33(31)57-35)45(67)55-30(6)48(70)62(8)40-22-16-15-21-39(49(71)63(41)9)61(7)47(69)29(5)56-46(68)38(26-76-52(74)42(28(3)4)64(10)50(40)72)60-44(66)36-24-54-32-18-12-14-20-34(32)58-36/h11-20,23-24,27-30,37-42H,21-22,25-26H2,1-10H3,(H,55,67)(H,56,68)(H,59,65)(H,60,66)/b16-15-/t29?,30?,37?,38?,39-,40-,41?,42?/m0/s1. The van der Waals surface area contributed by atoms with Crippen molar-refractivity contribution in [2.75, 3.05) is 41.4 Å². The van der Waals surface area contributed by atoms with E-state index in [1.54, 1.807) is 76.2 Å². The Labute approximate surface area is 438 Å². The number of amides is 8. The van der Waals surface area contributed by atoms with Crippen LogP contribution >= 0.6 is 0 Å². The van der Waals surface area contributed by atoms with Crippen LogP contribution < -0.4 is 21.3 Å². The van der Waals surface area contributed by atoms with E-state index in [4.69, 9.17) is 9.47 Å². The van der Waals surface area contributed by atoms with Crippen LogP contribution in [-0.4, -0.2) is 188 Å². The molecule has 6 unspecified atom stereocenters. The maximum atomic E-state index is 14.8. The van der Waals surface area contributed by atoms with Crippen LogP contribution in [0.15, 0.2) is 73.1 Å². The average Bonchev–Trinajstić information content (AvgIpc) is 3.39. The second kappa shape index (κ2) is 24.7. The highest BCUT2D eigenvalue weighted by molar-refractivity contribution is 6.00. The number of aromatic nitrogens is 4. The fourth-order valence-electron chi connectivity index (χ4n) is 8.93. The zero-order valence-corrected chi connectivity index (χ0v) is 44.0. The van der Waals surface area contributed by atoms with Gasteiger partial charge in [0.15, 0.2) is 0 Å². The molecule has 4 aromatic rings. The predicted molar refractivity (Wildman–Crippen MR) is 273 cm³/mol. The van der Waals surface area contributed by atoms with Crippen molar-refractivity contribution in [3.8, 4) is 0 Å². The lowest BCUT2D eigenvalue weighted by Gasteiger charge is -2.37. The van der Waals surface area contributed by atoms with Gasteiger partial charge in [0.05, 0.1) is 34.5 Å². The summed E-state index contributed by atoms with van der Waals surface area (Å²) in [5.41, 5.74) is 1.38. The highest BCUT2D eigenvalue weighted by atomic mass is 16.5. The predicted octanol–water partition coefficient (Wildman–Crippen LogP) is 0.549. The zero-order valence-electron chi connectivity index (χ0n) is 44.0. The van der Waals surface area contributed by atoms with Gasteiger partial charge in [0.25, 0.3) is 11.8 Å². The molecule has 4 N–H and O–H groups in total. The molecule has 404 valence electrons. The minimum atomic E-state index is -1.66. The first kappa shape index (κ1) is 56.8. The van der Waals surface area contributed by atoms with Gasteiger partial charge in [0.2, 0.25) is 35.4 Å². The molecule has 0 aliphatic carbocycles. The first-order valence-corrected chi connectivity index (χ1v) is 24.7. The van der Waals surface area contributed by atoms with Crippen LogP contribution in [0.5, 0.6) is 0 Å². The van der Waals surface area contributed by atoms with E-state index in [1.165, 1.54) is 66.6 Å². The smallest absolute Gasteiger partial charge is 0.329 e. The summed E-state index contributed by atoms with van der Waals surface area (Å²) < 4.78 is 11.4. The lowest BCUT2D eigenvalue weighted by atomic mass is 9.99. The van der Waals surface area contributed by atoms with E-state index in [1.807, 2.05) is 0 Å². The first-order chi connectivity index (χ1) is 36.0. The molecule has 2 aromatic carbocycles. The molecule has 2 aliphatic heterocycles. The number of nitrogens with one attached hydrogen (secondary N) is 4. The molecule has 8 atom stereocenters. The summed E-state index contributed by atoms with van der Waals surface area (Å²) in [5, 5.41) is 10.2. The summed E-state index contributed by atoms with van der Waals surface area (Å²) in [6.45, 7) is 7.67. The number of esters is 2. The van der Waals surface area contributed by atoms with E-state index in [0.717, 1.165) is 19.6 Å². The van der Waals surface area contributed by atoms with Gasteiger partial charge >= 0.3 is 11.9 Å². The maximum Gasteiger partial charge on any atom is 0.329 e. The molecule has 0 radical (unpaired) electrons. The SMILES string of the molecule is CC1NC(=O)C(NC(=O)c2cnc3ccccc3n2)COC(=O)C(C(C)C)N(C)C(=O)[C@@H]2C/C=C\C[C@@H](C(=O)N(C)C(C(C)C)C(=O)OCC(NC(=O)c3cnc4ccccc4n3)C(=O)NC(C)C(=O)N2C)N(C)C1=O. The molecule has 8 amide bonds. The number of likely N-dealkylation sites (N-methyl/N-ethyl adjacent to an activating group) is 4. The lowest BCUT2D eigenvalue weighted by molar-refractivity contribution is -0.160. The number of rotatable bonds is 6. The Morgan fingerprint density at radius 2 is 0.882 bits per heavy atom. The van der Waals surface area contributed by atoms with Gasteiger partial charge in [0.1, 0.15) is 72.9 Å². The van der Waals surface area contributed by atoms with Gasteiger partial charge < -0.3 is 50.3 Å². The van der Waals surface area contributed by atoms with Gasteiger partial charge in [-0.15, -0.1) is 0 Å². The maximum absolute atomic E-state index is 14.8. The van der Waals surface area contributed by atoms with Crippen molar-refractivity contribution < 1.29 is 57.4 Å². The van der Waals surface area contributed by atoms with Crippen molar-refractivity contribution in [2.24, 2.45) is 11.8 Å². The van der Waals surface area contributed by atoms with Crippen molar-refractivity contribution in [3.63, 3.8) is 0 Å². The van der Waals surface area contributed by atoms with Gasteiger partial charge in [-0.25, -0.2) is 19.6 Å². The Bertz CT molecular complexity index is 2740. The number of para-hydroxylation sites is 4. The fraction of sp³-hybridized carbons (Fsp3) is 0.462. The first-order valence-electron chi connectivity index (χ1n) is 24.7. The van der Waals surface area contributed by atoms with Crippen LogP contribution in [0.4, 0.5) is 0 Å². The Kier molecular flexibility index (Phi) is 18.5. The molecular formula is C52H64N12O12. The number of nitrogens with zero attached hydrogens (tertiary/aromatic N) is 8. The van der Waals surface area contributed by atoms with E-state index >= 15 is 0 Å². The van der Waals surface area contributed by atoms with Crippen LogP contribution in [-0.2, 0) is 47.8 Å². The summed E-state index contributed by atoms with van der Waals surface area (Å²) in [4.78, 5) is 164. The van der Waals surface area contributed by atoms with E-state index in [0.29, 0.717) is 22.1 Å². The third-order valence-corrected chi connectivity index (χ3v) is 13.2. The summed E-state index contributed by atoms with van der Waals surface area (Å²) in [6.07, 6.45) is 5.00. The topological polar surface area (TPSA) is 302 Å². The van der Waals surface area contributed by atoms with Crippen molar-refractivity contribution in [1.29, 1.82) is 0 Å². The molecule has 0 saturated carbocycles. The largest absolute Gasteiger partial charge is 0.461 e. The summed E-state index contributed by atoms with van der Waals surface area (Å²) >= 11 is 0. The van der Waals surface area contributed by atoms with E-state index in [2.05, 4.69) is 41.2 Å². The second-order valence-electron chi connectivity index (χ2n) is 19.4. The number of benzene rings is 2. The molecule has 2 aliphatic rings. The van der Waals surface area contributed by atoms with Gasteiger partial charge in [-0.3, -0.25) is 48.3 Å². The van der Waals surface area contributed by atoms with Gasteiger partial charge in [0, 0.05) is 28.2 Å². The van der Waals surface area contributed by atoms with E-state index in [-0.39, 0.29) is 24.2 Å². The molecule has 2 aromatic heterocycles. The average molecular weight is 1050 g/mol. The van der Waals surface area contributed by atoms with Crippen molar-refractivity contribution >= 4 is 81.3 Å².